The fourth-order valence-electron chi connectivity index (χ4n) is 6.04. The van der Waals surface area contributed by atoms with Crippen molar-refractivity contribution in [3.63, 3.8) is 0 Å². The number of fused-ring (bicyclic) bond motifs is 1. The molecule has 5 rings (SSSR count). The Bertz CT molecular complexity index is 1390. The summed E-state index contributed by atoms with van der Waals surface area (Å²) in [6.45, 7) is 5.33. The normalized spacial score (nSPS) is 21.6. The lowest BCUT2D eigenvalue weighted by Crippen LogP contribution is -2.39. The Balaban J connectivity index is 1.44. The van der Waals surface area contributed by atoms with Gasteiger partial charge in [-0.05, 0) is 101 Å². The summed E-state index contributed by atoms with van der Waals surface area (Å²) >= 11 is 0. The largest absolute Gasteiger partial charge is 0.368 e. The summed E-state index contributed by atoms with van der Waals surface area (Å²) < 4.78 is 15.5. The summed E-state index contributed by atoms with van der Waals surface area (Å²) in [5, 5.41) is 5.97. The lowest BCUT2D eigenvalue weighted by molar-refractivity contribution is -0.126. The number of hydrogen-bond acceptors (Lipinski definition) is 5. The monoisotopic (exact) mass is 548 g/mol. The molecule has 212 valence electrons. The van der Waals surface area contributed by atoms with Crippen LogP contribution in [0.1, 0.15) is 74.3 Å². The molecule has 2 heterocycles. The van der Waals surface area contributed by atoms with Gasteiger partial charge in [-0.15, -0.1) is 0 Å². The van der Waals surface area contributed by atoms with Crippen molar-refractivity contribution in [2.75, 3.05) is 11.9 Å². The first-order valence-electron chi connectivity index (χ1n) is 14.1. The van der Waals surface area contributed by atoms with Gasteiger partial charge in [0.15, 0.2) is 0 Å². The second-order valence-electron chi connectivity index (χ2n) is 11.3. The summed E-state index contributed by atoms with van der Waals surface area (Å²) in [4.78, 5) is 44.5. The highest BCUT2D eigenvalue weighted by Crippen LogP contribution is 2.37. The first-order chi connectivity index (χ1) is 19.2. The molecule has 1 atom stereocenters. The van der Waals surface area contributed by atoms with Gasteiger partial charge in [-0.3, -0.25) is 24.6 Å². The summed E-state index contributed by atoms with van der Waals surface area (Å²) in [6.07, 6.45) is 4.70. The highest BCUT2D eigenvalue weighted by atomic mass is 19.1. The predicted octanol–water partition coefficient (Wildman–Crippen LogP) is 4.13. The highest BCUT2D eigenvalue weighted by Gasteiger charge is 2.31. The van der Waals surface area contributed by atoms with Crippen molar-refractivity contribution in [3.8, 4) is 0 Å². The van der Waals surface area contributed by atoms with Crippen molar-refractivity contribution in [3.05, 3.63) is 59.4 Å². The quantitative estimate of drug-likeness (QED) is 0.391. The van der Waals surface area contributed by atoms with E-state index >= 15 is 0 Å². The molecule has 4 N–H and O–H groups in total. The number of likely N-dealkylation sites (tertiary alicyclic amines) is 1. The Morgan fingerprint density at radius 3 is 2.45 bits per heavy atom. The second kappa shape index (κ2) is 11.8. The molecule has 9 nitrogen and oxygen atoms in total. The molecule has 2 fully saturated rings. The first kappa shape index (κ1) is 27.8. The second-order valence-corrected chi connectivity index (χ2v) is 11.3. The van der Waals surface area contributed by atoms with Gasteiger partial charge in [0.1, 0.15) is 5.82 Å². The van der Waals surface area contributed by atoms with Crippen LogP contribution in [0.5, 0.6) is 0 Å². The van der Waals surface area contributed by atoms with Crippen LogP contribution in [0.2, 0.25) is 0 Å². The molecular weight excluding hydrogens is 511 g/mol. The lowest BCUT2D eigenvalue weighted by atomic mass is 9.85. The average Bonchev–Trinajstić information content (AvgIpc) is 3.53. The summed E-state index contributed by atoms with van der Waals surface area (Å²) in [6, 6.07) is 11.3. The molecule has 3 aromatic rings. The standard InChI is InChI=1S/C30H37FN6O3/c1-18(2)33-28(39)21-8-12-23(13-9-21)37-26-16-19(17-36-15-3-4-25(36)27(32)38)5-14-24(26)34-30(37)35-29(40)20-6-10-22(31)11-7-20/h5-7,10-11,14,16,18,21,23,25H,3-4,8-9,12-13,15,17H2,1-2H3,(H2,32,38)(H,33,39)(H,34,35,40)/t21?,23?,25-/m0/s1. The Morgan fingerprint density at radius 1 is 1.05 bits per heavy atom. The van der Waals surface area contributed by atoms with Gasteiger partial charge >= 0.3 is 0 Å². The number of aromatic nitrogens is 2. The fraction of sp³-hybridized carbons (Fsp3) is 0.467. The van der Waals surface area contributed by atoms with E-state index in [0.717, 1.165) is 61.7 Å². The van der Waals surface area contributed by atoms with E-state index < -0.39 is 5.82 Å². The molecule has 3 amide bonds. The Hall–Kier alpha value is -3.79. The number of hydrogen-bond donors (Lipinski definition) is 3. The van der Waals surface area contributed by atoms with Gasteiger partial charge in [-0.25, -0.2) is 9.37 Å². The zero-order valence-corrected chi connectivity index (χ0v) is 23.0. The van der Waals surface area contributed by atoms with Gasteiger partial charge in [0.2, 0.25) is 17.8 Å². The van der Waals surface area contributed by atoms with Gasteiger partial charge in [0.05, 0.1) is 17.1 Å². The fourth-order valence-corrected chi connectivity index (χ4v) is 6.04. The van der Waals surface area contributed by atoms with Gasteiger partial charge in [0.25, 0.3) is 5.91 Å². The van der Waals surface area contributed by atoms with Crippen molar-refractivity contribution in [1.29, 1.82) is 0 Å². The molecule has 1 aliphatic heterocycles. The topological polar surface area (TPSA) is 122 Å². The third kappa shape index (κ3) is 6.01. The van der Waals surface area contributed by atoms with Gasteiger partial charge < -0.3 is 15.6 Å². The molecule has 0 spiro atoms. The summed E-state index contributed by atoms with van der Waals surface area (Å²) in [5.74, 6) is -0.609. The number of primary amides is 1. The number of benzene rings is 2. The van der Waals surface area contributed by atoms with Crippen LogP contribution in [0.3, 0.4) is 0 Å². The number of carbonyl (C=O) groups is 3. The maximum Gasteiger partial charge on any atom is 0.257 e. The summed E-state index contributed by atoms with van der Waals surface area (Å²) in [7, 11) is 0. The van der Waals surface area contributed by atoms with Crippen LogP contribution in [0.4, 0.5) is 10.3 Å². The van der Waals surface area contributed by atoms with Gasteiger partial charge in [-0.2, -0.15) is 0 Å². The highest BCUT2D eigenvalue weighted by molar-refractivity contribution is 6.04. The number of anilines is 1. The molecule has 0 radical (unpaired) electrons. The third-order valence-electron chi connectivity index (χ3n) is 8.03. The third-order valence-corrected chi connectivity index (χ3v) is 8.03. The van der Waals surface area contributed by atoms with Crippen molar-refractivity contribution in [1.82, 2.24) is 19.8 Å². The minimum atomic E-state index is -0.411. The van der Waals surface area contributed by atoms with E-state index in [1.54, 1.807) is 0 Å². The average molecular weight is 549 g/mol. The molecule has 10 heteroatoms. The lowest BCUT2D eigenvalue weighted by Gasteiger charge is -2.30. The maximum atomic E-state index is 13.4. The van der Waals surface area contributed by atoms with Crippen LogP contribution in [0.15, 0.2) is 42.5 Å². The molecule has 2 aromatic carbocycles. The molecule has 1 saturated heterocycles. The van der Waals surface area contributed by atoms with Gasteiger partial charge in [-0.1, -0.05) is 6.07 Å². The van der Waals surface area contributed by atoms with Crippen LogP contribution in [0.25, 0.3) is 11.0 Å². The zero-order chi connectivity index (χ0) is 28.4. The minimum absolute atomic E-state index is 0.0389. The Morgan fingerprint density at radius 2 is 1.77 bits per heavy atom. The van der Waals surface area contributed by atoms with Crippen LogP contribution in [-0.4, -0.2) is 50.8 Å². The minimum Gasteiger partial charge on any atom is -0.368 e. The Labute approximate surface area is 233 Å². The molecule has 1 aromatic heterocycles. The SMILES string of the molecule is CC(C)NC(=O)C1CCC(n2c(NC(=O)c3ccc(F)cc3)nc3ccc(CN4CCC[C@H]4C(N)=O)cc32)CC1. The van der Waals surface area contributed by atoms with E-state index in [9.17, 15) is 18.8 Å². The van der Waals surface area contributed by atoms with Crippen LogP contribution in [0, 0.1) is 11.7 Å². The number of rotatable bonds is 8. The smallest absolute Gasteiger partial charge is 0.257 e. The molecule has 0 bridgehead atoms. The van der Waals surface area contributed by atoms with Crippen LogP contribution < -0.4 is 16.4 Å². The van der Waals surface area contributed by atoms with Gasteiger partial charge in [0, 0.05) is 30.1 Å². The van der Waals surface area contributed by atoms with E-state index in [0.29, 0.717) is 18.1 Å². The van der Waals surface area contributed by atoms with E-state index in [2.05, 4.69) is 26.2 Å². The number of nitrogens with one attached hydrogen (secondary N) is 2. The van der Waals surface area contributed by atoms with Crippen molar-refractivity contribution < 1.29 is 18.8 Å². The number of halogens is 1. The molecule has 1 aliphatic carbocycles. The number of amides is 3. The predicted molar refractivity (Wildman–Crippen MR) is 151 cm³/mol. The Kier molecular flexibility index (Phi) is 8.16. The number of carbonyl (C=O) groups excluding carboxylic acids is 3. The van der Waals surface area contributed by atoms with Crippen molar-refractivity contribution in [2.45, 2.75) is 77.0 Å². The van der Waals surface area contributed by atoms with E-state index in [4.69, 9.17) is 10.7 Å². The van der Waals surface area contributed by atoms with Crippen LogP contribution >= 0.6 is 0 Å². The van der Waals surface area contributed by atoms with E-state index in [1.165, 1.54) is 24.3 Å². The number of nitrogens with two attached hydrogens (primary N) is 1. The molecule has 0 unspecified atom stereocenters. The molecule has 40 heavy (non-hydrogen) atoms. The summed E-state index contributed by atoms with van der Waals surface area (Å²) in [5.41, 5.74) is 8.63. The van der Waals surface area contributed by atoms with E-state index in [1.807, 2.05) is 26.0 Å². The molecule has 1 saturated carbocycles. The number of nitrogens with zero attached hydrogens (tertiary/aromatic N) is 3. The van der Waals surface area contributed by atoms with Crippen molar-refractivity contribution in [2.24, 2.45) is 11.7 Å². The number of imidazole rings is 1. The first-order valence-corrected chi connectivity index (χ1v) is 14.1. The molecular formula is C30H37FN6O3. The van der Waals surface area contributed by atoms with Crippen molar-refractivity contribution >= 4 is 34.7 Å². The zero-order valence-electron chi connectivity index (χ0n) is 23.0. The van der Waals surface area contributed by atoms with Crippen LogP contribution in [-0.2, 0) is 16.1 Å². The molecule has 2 aliphatic rings. The van der Waals surface area contributed by atoms with E-state index in [-0.39, 0.29) is 41.8 Å². The maximum absolute atomic E-state index is 13.4.